The summed E-state index contributed by atoms with van der Waals surface area (Å²) in [4.78, 5) is 18.3. The molecule has 0 aliphatic carbocycles. The zero-order chi connectivity index (χ0) is 30.6. The van der Waals surface area contributed by atoms with Crippen molar-refractivity contribution >= 4 is 34.5 Å². The van der Waals surface area contributed by atoms with Gasteiger partial charge in [-0.05, 0) is 60.2 Å². The third-order valence-electron chi connectivity index (χ3n) is 6.64. The Hall–Kier alpha value is -5.55. The zero-order valence-electron chi connectivity index (χ0n) is 23.8. The van der Waals surface area contributed by atoms with Crippen molar-refractivity contribution in [3.05, 3.63) is 123 Å². The second-order valence-corrected chi connectivity index (χ2v) is 10.5. The largest absolute Gasteiger partial charge is 0.494 e. The second kappa shape index (κ2) is 12.4. The molecular weight excluding hydrogens is 581 g/mol. The van der Waals surface area contributed by atoms with Gasteiger partial charge in [-0.1, -0.05) is 54.3 Å². The van der Waals surface area contributed by atoms with Gasteiger partial charge >= 0.3 is 0 Å². The van der Waals surface area contributed by atoms with Crippen LogP contribution in [0.25, 0.3) is 40.1 Å². The Kier molecular flexibility index (Phi) is 8.02. The highest BCUT2D eigenvalue weighted by molar-refractivity contribution is 7.15. The van der Waals surface area contributed by atoms with Crippen molar-refractivity contribution in [1.29, 1.82) is 0 Å². The van der Waals surface area contributed by atoms with Gasteiger partial charge in [0, 0.05) is 17.3 Å². The monoisotopic (exact) mass is 607 g/mol. The number of halogens is 1. The number of thiazole rings is 1. The molecule has 11 heteroatoms. The Balaban J connectivity index is 1.35. The lowest BCUT2D eigenvalue weighted by Gasteiger charge is -2.09. The van der Waals surface area contributed by atoms with E-state index in [9.17, 15) is 9.18 Å². The van der Waals surface area contributed by atoms with Crippen LogP contribution in [0.5, 0.6) is 17.2 Å². The van der Waals surface area contributed by atoms with Crippen LogP contribution in [0, 0.1) is 5.82 Å². The Labute approximate surface area is 255 Å². The number of hydrogen-bond acceptors (Lipinski definition) is 8. The fraction of sp³-hybridized carbons (Fsp3) is 0.0909. The van der Waals surface area contributed by atoms with E-state index in [1.807, 2.05) is 54.6 Å². The van der Waals surface area contributed by atoms with Crippen LogP contribution in [0.2, 0.25) is 0 Å². The Morgan fingerprint density at radius 1 is 0.955 bits per heavy atom. The van der Waals surface area contributed by atoms with Crippen LogP contribution in [0.1, 0.15) is 17.0 Å². The lowest BCUT2D eigenvalue weighted by atomic mass is 10.1. The molecule has 6 aromatic rings. The molecule has 220 valence electrons. The third-order valence-corrected chi connectivity index (χ3v) is 7.60. The molecule has 0 radical (unpaired) electrons. The Morgan fingerprint density at radius 3 is 2.48 bits per heavy atom. The van der Waals surface area contributed by atoms with E-state index in [2.05, 4.69) is 16.7 Å². The van der Waals surface area contributed by atoms with E-state index in [-0.39, 0.29) is 11.3 Å². The van der Waals surface area contributed by atoms with Gasteiger partial charge in [0.25, 0.3) is 5.56 Å². The molecule has 0 saturated heterocycles. The van der Waals surface area contributed by atoms with E-state index in [1.54, 1.807) is 48.3 Å². The predicted octanol–water partition coefficient (Wildman–Crippen LogP) is 5.44. The summed E-state index contributed by atoms with van der Waals surface area (Å²) in [5, 5.41) is 9.13. The summed E-state index contributed by atoms with van der Waals surface area (Å²) in [6, 6.07) is 19.7. The Bertz CT molecular complexity index is 2120. The molecule has 0 amide bonds. The molecule has 0 aliphatic rings. The van der Waals surface area contributed by atoms with Crippen molar-refractivity contribution in [3.63, 3.8) is 0 Å². The van der Waals surface area contributed by atoms with Crippen LogP contribution in [0.3, 0.4) is 0 Å². The standard InChI is InChI=1S/C33H26FN5O4S/c1-4-16-43-27-13-10-21(17-28(27)42-3)11-15-30-35-33-39(36-30)32(40)29(44-33)19-23-20-38(24-8-6-5-7-9-24)37-31(23)22-12-14-26(41-2)25(34)18-22/h4-15,17-20H,1,16H2,2-3H3/b15-11+,29-19-. The molecule has 0 atom stereocenters. The number of hydrogen-bond donors (Lipinski definition) is 0. The van der Waals surface area contributed by atoms with Crippen LogP contribution in [0.15, 0.2) is 90.4 Å². The van der Waals surface area contributed by atoms with Crippen molar-refractivity contribution < 1.29 is 18.6 Å². The van der Waals surface area contributed by atoms with E-state index in [0.29, 0.717) is 50.2 Å². The first kappa shape index (κ1) is 28.6. The Morgan fingerprint density at radius 2 is 1.75 bits per heavy atom. The SMILES string of the molecule is C=CCOc1ccc(/C=C/c2nc3s/c(=C\c4cn(-c5ccccc5)nc4-c4ccc(OC)c(F)c4)c(=O)n3n2)cc1OC. The highest BCUT2D eigenvalue weighted by atomic mass is 32.1. The summed E-state index contributed by atoms with van der Waals surface area (Å²) in [6.07, 6.45) is 8.75. The fourth-order valence-corrected chi connectivity index (χ4v) is 5.44. The van der Waals surface area contributed by atoms with E-state index >= 15 is 0 Å². The molecule has 3 aromatic carbocycles. The molecule has 0 spiro atoms. The van der Waals surface area contributed by atoms with E-state index in [0.717, 1.165) is 11.3 Å². The number of fused-ring (bicyclic) bond motifs is 1. The number of para-hydroxylation sites is 1. The molecule has 0 aliphatic heterocycles. The summed E-state index contributed by atoms with van der Waals surface area (Å²) >= 11 is 1.21. The van der Waals surface area contributed by atoms with Gasteiger partial charge in [-0.15, -0.1) is 5.10 Å². The van der Waals surface area contributed by atoms with Gasteiger partial charge in [-0.2, -0.15) is 14.6 Å². The smallest absolute Gasteiger partial charge is 0.291 e. The molecule has 0 saturated carbocycles. The van der Waals surface area contributed by atoms with E-state index in [1.165, 1.54) is 29.0 Å². The van der Waals surface area contributed by atoms with Gasteiger partial charge in [0.2, 0.25) is 4.96 Å². The number of methoxy groups -OCH3 is 2. The van der Waals surface area contributed by atoms with Crippen LogP contribution >= 0.6 is 11.3 Å². The van der Waals surface area contributed by atoms with Crippen LogP contribution in [-0.4, -0.2) is 45.2 Å². The van der Waals surface area contributed by atoms with Crippen molar-refractivity contribution in [2.24, 2.45) is 0 Å². The number of nitrogens with zero attached hydrogens (tertiary/aromatic N) is 5. The molecule has 9 nitrogen and oxygen atoms in total. The number of rotatable bonds is 10. The van der Waals surface area contributed by atoms with E-state index < -0.39 is 5.82 Å². The first-order chi connectivity index (χ1) is 21.5. The maximum absolute atomic E-state index is 14.6. The van der Waals surface area contributed by atoms with Gasteiger partial charge in [0.1, 0.15) is 12.3 Å². The molecule has 44 heavy (non-hydrogen) atoms. The van der Waals surface area contributed by atoms with Gasteiger partial charge < -0.3 is 14.2 Å². The predicted molar refractivity (Wildman–Crippen MR) is 169 cm³/mol. The number of benzene rings is 3. The summed E-state index contributed by atoms with van der Waals surface area (Å²) in [5.74, 6) is 1.20. The van der Waals surface area contributed by atoms with Crippen LogP contribution in [0.4, 0.5) is 4.39 Å². The van der Waals surface area contributed by atoms with Crippen LogP contribution < -0.4 is 24.3 Å². The molecule has 0 bridgehead atoms. The topological polar surface area (TPSA) is 92.8 Å². The van der Waals surface area contributed by atoms with Gasteiger partial charge in [0.15, 0.2) is 28.9 Å². The summed E-state index contributed by atoms with van der Waals surface area (Å²) in [7, 11) is 2.99. The van der Waals surface area contributed by atoms with Gasteiger partial charge in [-0.3, -0.25) is 4.79 Å². The summed E-state index contributed by atoms with van der Waals surface area (Å²) < 4.78 is 34.1. The summed E-state index contributed by atoms with van der Waals surface area (Å²) in [5.41, 5.74) is 3.03. The van der Waals surface area contributed by atoms with Crippen LogP contribution in [-0.2, 0) is 0 Å². The van der Waals surface area contributed by atoms with Crippen molar-refractivity contribution in [3.8, 4) is 34.2 Å². The minimum Gasteiger partial charge on any atom is -0.494 e. The minimum absolute atomic E-state index is 0.132. The minimum atomic E-state index is -0.510. The molecule has 0 N–H and O–H groups in total. The lowest BCUT2D eigenvalue weighted by molar-refractivity contribution is 0.326. The van der Waals surface area contributed by atoms with Crippen molar-refractivity contribution in [2.45, 2.75) is 0 Å². The molecule has 3 aromatic heterocycles. The van der Waals surface area contributed by atoms with E-state index in [4.69, 9.17) is 19.3 Å². The average molecular weight is 608 g/mol. The summed E-state index contributed by atoms with van der Waals surface area (Å²) in [6.45, 7) is 4.03. The number of aromatic nitrogens is 5. The second-order valence-electron chi connectivity index (χ2n) is 9.49. The fourth-order valence-electron chi connectivity index (χ4n) is 4.53. The maximum atomic E-state index is 14.6. The third kappa shape index (κ3) is 5.72. The average Bonchev–Trinajstić information content (AvgIpc) is 3.74. The highest BCUT2D eigenvalue weighted by Gasteiger charge is 2.16. The van der Waals surface area contributed by atoms with Gasteiger partial charge in [0.05, 0.1) is 24.4 Å². The quantitative estimate of drug-likeness (QED) is 0.192. The van der Waals surface area contributed by atoms with Gasteiger partial charge in [-0.25, -0.2) is 9.07 Å². The normalized spacial score (nSPS) is 11.8. The maximum Gasteiger partial charge on any atom is 0.291 e. The van der Waals surface area contributed by atoms with Crippen molar-refractivity contribution in [1.82, 2.24) is 24.4 Å². The molecule has 0 unspecified atom stereocenters. The number of ether oxygens (including phenoxy) is 3. The first-order valence-corrected chi connectivity index (χ1v) is 14.3. The molecular formula is C33H26FN5O4S. The molecule has 0 fully saturated rings. The van der Waals surface area contributed by atoms with Crippen molar-refractivity contribution in [2.75, 3.05) is 20.8 Å². The zero-order valence-corrected chi connectivity index (χ0v) is 24.6. The first-order valence-electron chi connectivity index (χ1n) is 13.5. The highest BCUT2D eigenvalue weighted by Crippen LogP contribution is 2.30. The lowest BCUT2D eigenvalue weighted by Crippen LogP contribution is -2.23. The molecule has 6 rings (SSSR count). The molecule has 3 heterocycles.